The van der Waals surface area contributed by atoms with Crippen molar-refractivity contribution in [2.24, 2.45) is 0 Å². The lowest BCUT2D eigenvalue weighted by Crippen LogP contribution is -2.44. The van der Waals surface area contributed by atoms with Crippen LogP contribution in [0, 0.1) is 0 Å². The van der Waals surface area contributed by atoms with Crippen LogP contribution in [0.25, 0.3) is 10.9 Å². The number of nitrogens with zero attached hydrogens (tertiary/aromatic N) is 2. The van der Waals surface area contributed by atoms with Crippen LogP contribution in [-0.4, -0.2) is 42.2 Å². The molecule has 0 spiro atoms. The minimum atomic E-state index is 0.810. The second-order valence-corrected chi connectivity index (χ2v) is 5.24. The molecule has 0 unspecified atom stereocenters. The van der Waals surface area contributed by atoms with E-state index in [1.165, 1.54) is 10.9 Å². The van der Waals surface area contributed by atoms with Crippen LogP contribution < -0.4 is 5.32 Å². The van der Waals surface area contributed by atoms with Gasteiger partial charge in [-0.15, -0.1) is 0 Å². The van der Waals surface area contributed by atoms with E-state index in [2.05, 4.69) is 39.2 Å². The molecule has 0 atom stereocenters. The number of hydrogen-bond acceptors (Lipinski definition) is 2. The molecule has 1 aliphatic rings. The zero-order chi connectivity index (χ0) is 12.4. The largest absolute Gasteiger partial charge is 0.346 e. The maximum Gasteiger partial charge on any atom is 0.0495 e. The quantitative estimate of drug-likeness (QED) is 0.916. The van der Waals surface area contributed by atoms with Gasteiger partial charge in [-0.1, -0.05) is 17.7 Å². The average Bonchev–Trinajstić information content (AvgIpc) is 2.80. The summed E-state index contributed by atoms with van der Waals surface area (Å²) >= 11 is 6.06. The molecule has 0 saturated carbocycles. The first kappa shape index (κ1) is 12.0. The molecule has 1 fully saturated rings. The number of fused-ring (bicyclic) bond motifs is 1. The Balaban J connectivity index is 1.72. The zero-order valence-corrected chi connectivity index (χ0v) is 11.2. The molecule has 3 nitrogen and oxygen atoms in total. The van der Waals surface area contributed by atoms with E-state index in [0.29, 0.717) is 0 Å². The summed E-state index contributed by atoms with van der Waals surface area (Å²) in [6, 6.07) is 8.24. The number of piperazine rings is 1. The fourth-order valence-corrected chi connectivity index (χ4v) is 2.70. The van der Waals surface area contributed by atoms with Gasteiger partial charge in [0, 0.05) is 56.0 Å². The molecule has 1 saturated heterocycles. The predicted octanol–water partition coefficient (Wildman–Crippen LogP) is 2.20. The summed E-state index contributed by atoms with van der Waals surface area (Å²) in [5.41, 5.74) is 1.23. The van der Waals surface area contributed by atoms with Crippen LogP contribution in [0.4, 0.5) is 0 Å². The summed E-state index contributed by atoms with van der Waals surface area (Å²) in [4.78, 5) is 2.51. The number of benzene rings is 1. The van der Waals surface area contributed by atoms with Crippen LogP contribution in [-0.2, 0) is 6.54 Å². The van der Waals surface area contributed by atoms with E-state index in [0.717, 1.165) is 44.3 Å². The lowest BCUT2D eigenvalue weighted by Gasteiger charge is -2.27. The molecule has 96 valence electrons. The second-order valence-electron chi connectivity index (χ2n) is 4.80. The highest BCUT2D eigenvalue weighted by atomic mass is 35.5. The Morgan fingerprint density at radius 2 is 1.94 bits per heavy atom. The van der Waals surface area contributed by atoms with Crippen LogP contribution in [0.1, 0.15) is 0 Å². The molecule has 0 bridgehead atoms. The lowest BCUT2D eigenvalue weighted by atomic mass is 10.2. The summed E-state index contributed by atoms with van der Waals surface area (Å²) in [5, 5.41) is 5.45. The molecule has 18 heavy (non-hydrogen) atoms. The van der Waals surface area contributed by atoms with Crippen molar-refractivity contribution in [1.29, 1.82) is 0 Å². The van der Waals surface area contributed by atoms with E-state index in [9.17, 15) is 0 Å². The highest BCUT2D eigenvalue weighted by molar-refractivity contribution is 6.31. The third-order valence-corrected chi connectivity index (χ3v) is 3.84. The van der Waals surface area contributed by atoms with Crippen LogP contribution in [0.5, 0.6) is 0 Å². The van der Waals surface area contributed by atoms with E-state index < -0.39 is 0 Å². The number of rotatable bonds is 3. The molecule has 1 aromatic heterocycles. The van der Waals surface area contributed by atoms with Crippen molar-refractivity contribution in [2.75, 3.05) is 32.7 Å². The molecule has 0 aliphatic carbocycles. The molecule has 3 rings (SSSR count). The van der Waals surface area contributed by atoms with Crippen molar-refractivity contribution in [3.05, 3.63) is 35.5 Å². The Morgan fingerprint density at radius 3 is 2.78 bits per heavy atom. The van der Waals surface area contributed by atoms with Gasteiger partial charge in [0.1, 0.15) is 0 Å². The van der Waals surface area contributed by atoms with Gasteiger partial charge in [0.2, 0.25) is 0 Å². The normalized spacial score (nSPS) is 17.4. The Bertz CT molecular complexity index is 529. The van der Waals surface area contributed by atoms with Crippen molar-refractivity contribution in [3.8, 4) is 0 Å². The highest BCUT2D eigenvalue weighted by Gasteiger charge is 2.09. The maximum atomic E-state index is 6.06. The number of nitrogens with one attached hydrogen (secondary N) is 1. The fraction of sp³-hybridized carbons (Fsp3) is 0.429. The van der Waals surface area contributed by atoms with Gasteiger partial charge in [-0.05, 0) is 23.6 Å². The summed E-state index contributed by atoms with van der Waals surface area (Å²) in [6.07, 6.45) is 2.16. The van der Waals surface area contributed by atoms with Gasteiger partial charge in [0.25, 0.3) is 0 Å². The zero-order valence-electron chi connectivity index (χ0n) is 10.4. The van der Waals surface area contributed by atoms with Gasteiger partial charge in [0.15, 0.2) is 0 Å². The molecular weight excluding hydrogens is 246 g/mol. The van der Waals surface area contributed by atoms with Gasteiger partial charge in [-0.25, -0.2) is 0 Å². The minimum Gasteiger partial charge on any atom is -0.346 e. The third kappa shape index (κ3) is 2.53. The Hall–Kier alpha value is -1.03. The Morgan fingerprint density at radius 1 is 1.11 bits per heavy atom. The van der Waals surface area contributed by atoms with Gasteiger partial charge >= 0.3 is 0 Å². The first-order valence-corrected chi connectivity index (χ1v) is 6.88. The fourth-order valence-electron chi connectivity index (χ4n) is 2.54. The topological polar surface area (TPSA) is 20.2 Å². The summed E-state index contributed by atoms with van der Waals surface area (Å²) in [7, 11) is 0. The minimum absolute atomic E-state index is 0.810. The van der Waals surface area contributed by atoms with Crippen LogP contribution in [0.3, 0.4) is 0 Å². The second kappa shape index (κ2) is 5.31. The Labute approximate surface area is 112 Å². The monoisotopic (exact) mass is 263 g/mol. The third-order valence-electron chi connectivity index (χ3n) is 3.60. The first-order chi connectivity index (χ1) is 8.83. The van der Waals surface area contributed by atoms with Gasteiger partial charge in [0.05, 0.1) is 0 Å². The highest BCUT2D eigenvalue weighted by Crippen LogP contribution is 2.20. The number of hydrogen-bond donors (Lipinski definition) is 1. The molecule has 0 radical (unpaired) electrons. The summed E-state index contributed by atoms with van der Waals surface area (Å²) in [5.74, 6) is 0. The van der Waals surface area contributed by atoms with Crippen molar-refractivity contribution in [1.82, 2.24) is 14.8 Å². The van der Waals surface area contributed by atoms with Crippen molar-refractivity contribution in [3.63, 3.8) is 0 Å². The Kier molecular flexibility index (Phi) is 3.55. The summed E-state index contributed by atoms with van der Waals surface area (Å²) < 4.78 is 2.29. The van der Waals surface area contributed by atoms with Crippen LogP contribution in [0.2, 0.25) is 5.02 Å². The molecule has 2 aromatic rings. The van der Waals surface area contributed by atoms with Gasteiger partial charge in [-0.2, -0.15) is 0 Å². The van der Waals surface area contributed by atoms with Crippen molar-refractivity contribution < 1.29 is 0 Å². The molecule has 0 amide bonds. The smallest absolute Gasteiger partial charge is 0.0495 e. The average molecular weight is 264 g/mol. The van der Waals surface area contributed by atoms with E-state index in [-0.39, 0.29) is 0 Å². The standard InChI is InChI=1S/C14H18ClN3/c15-13-2-1-12-3-6-18(14(12)11-13)10-9-17-7-4-16-5-8-17/h1-3,6,11,16H,4-5,7-10H2. The van der Waals surface area contributed by atoms with Gasteiger partial charge < -0.3 is 9.88 Å². The van der Waals surface area contributed by atoms with Crippen molar-refractivity contribution in [2.45, 2.75) is 6.54 Å². The summed E-state index contributed by atoms with van der Waals surface area (Å²) in [6.45, 7) is 6.66. The van der Waals surface area contributed by atoms with E-state index in [1.807, 2.05) is 6.07 Å². The van der Waals surface area contributed by atoms with Crippen LogP contribution in [0.15, 0.2) is 30.5 Å². The van der Waals surface area contributed by atoms with Gasteiger partial charge in [-0.3, -0.25) is 4.90 Å². The number of halogens is 1. The first-order valence-electron chi connectivity index (χ1n) is 6.50. The van der Waals surface area contributed by atoms with E-state index in [1.54, 1.807) is 0 Å². The molecule has 2 heterocycles. The predicted molar refractivity (Wildman–Crippen MR) is 76.3 cm³/mol. The lowest BCUT2D eigenvalue weighted by molar-refractivity contribution is 0.233. The maximum absolute atomic E-state index is 6.06. The van der Waals surface area contributed by atoms with Crippen molar-refractivity contribution >= 4 is 22.5 Å². The molecule has 1 aliphatic heterocycles. The SMILES string of the molecule is Clc1ccc2ccn(CCN3CCNCC3)c2c1. The number of aromatic nitrogens is 1. The molecule has 4 heteroatoms. The molecule has 1 aromatic carbocycles. The molecule has 1 N–H and O–H groups in total. The van der Waals surface area contributed by atoms with E-state index in [4.69, 9.17) is 11.6 Å². The van der Waals surface area contributed by atoms with E-state index >= 15 is 0 Å². The molecular formula is C14H18ClN3. The van der Waals surface area contributed by atoms with Crippen LogP contribution >= 0.6 is 11.6 Å².